The largest absolute Gasteiger partial charge is 0.419 e. The Balaban J connectivity index is 2.20. The van der Waals surface area contributed by atoms with E-state index in [4.69, 9.17) is 0 Å². The van der Waals surface area contributed by atoms with Gasteiger partial charge in [-0.15, -0.1) is 0 Å². The van der Waals surface area contributed by atoms with Crippen LogP contribution in [0.1, 0.15) is 5.56 Å². The SMILES string of the molecule is O=C1CNCCN1c1ncc(C(F)(F)F)cn1. The molecule has 0 bridgehead atoms. The van der Waals surface area contributed by atoms with Gasteiger partial charge < -0.3 is 5.32 Å². The van der Waals surface area contributed by atoms with Crippen molar-refractivity contribution in [1.82, 2.24) is 15.3 Å². The van der Waals surface area contributed by atoms with Gasteiger partial charge in [0, 0.05) is 25.5 Å². The number of piperazine rings is 1. The molecule has 17 heavy (non-hydrogen) atoms. The van der Waals surface area contributed by atoms with E-state index in [0.717, 1.165) is 0 Å². The standard InChI is InChI=1S/C9H9F3N4O/c10-9(11,12)6-3-14-8(15-4-6)16-2-1-13-5-7(16)17/h3-4,13H,1-2,5H2. The Labute approximate surface area is 94.7 Å². The summed E-state index contributed by atoms with van der Waals surface area (Å²) >= 11 is 0. The maximum Gasteiger partial charge on any atom is 0.419 e. The highest BCUT2D eigenvalue weighted by Crippen LogP contribution is 2.28. The molecule has 1 aromatic rings. The molecule has 0 atom stereocenters. The first-order valence-corrected chi connectivity index (χ1v) is 4.89. The molecule has 1 fully saturated rings. The molecule has 5 nitrogen and oxygen atoms in total. The summed E-state index contributed by atoms with van der Waals surface area (Å²) in [6, 6.07) is 0. The van der Waals surface area contributed by atoms with Crippen molar-refractivity contribution >= 4 is 11.9 Å². The Kier molecular flexibility index (Phi) is 2.97. The van der Waals surface area contributed by atoms with Crippen LogP contribution in [0, 0.1) is 0 Å². The van der Waals surface area contributed by atoms with Crippen molar-refractivity contribution in [3.8, 4) is 0 Å². The summed E-state index contributed by atoms with van der Waals surface area (Å²) in [5.74, 6) is -0.250. The van der Waals surface area contributed by atoms with Gasteiger partial charge in [-0.1, -0.05) is 0 Å². The van der Waals surface area contributed by atoms with Gasteiger partial charge in [0.15, 0.2) is 0 Å². The predicted molar refractivity (Wildman–Crippen MR) is 52.3 cm³/mol. The van der Waals surface area contributed by atoms with Crippen LogP contribution in [0.25, 0.3) is 0 Å². The molecule has 1 N–H and O–H groups in total. The average Bonchev–Trinajstić information content (AvgIpc) is 2.29. The number of nitrogens with one attached hydrogen (secondary N) is 1. The third kappa shape index (κ3) is 2.52. The molecule has 0 aromatic carbocycles. The number of rotatable bonds is 1. The van der Waals surface area contributed by atoms with Crippen LogP contribution in [0.3, 0.4) is 0 Å². The van der Waals surface area contributed by atoms with Gasteiger partial charge >= 0.3 is 6.18 Å². The molecular weight excluding hydrogens is 237 g/mol. The second-order valence-corrected chi connectivity index (χ2v) is 3.49. The zero-order chi connectivity index (χ0) is 12.5. The Bertz CT molecular complexity index is 417. The fraction of sp³-hybridized carbons (Fsp3) is 0.444. The molecule has 0 aliphatic carbocycles. The third-order valence-electron chi connectivity index (χ3n) is 2.30. The Morgan fingerprint density at radius 3 is 2.47 bits per heavy atom. The van der Waals surface area contributed by atoms with Crippen molar-refractivity contribution in [3.63, 3.8) is 0 Å². The van der Waals surface area contributed by atoms with E-state index in [0.29, 0.717) is 25.5 Å². The normalized spacial score (nSPS) is 17.4. The smallest absolute Gasteiger partial charge is 0.307 e. The predicted octanol–water partition coefficient (Wildman–Crippen LogP) is 0.432. The Morgan fingerprint density at radius 2 is 1.94 bits per heavy atom. The van der Waals surface area contributed by atoms with Gasteiger partial charge in [0.25, 0.3) is 0 Å². The maximum atomic E-state index is 12.3. The molecule has 2 heterocycles. The number of alkyl halides is 3. The van der Waals surface area contributed by atoms with Crippen LogP contribution in [-0.4, -0.2) is 35.5 Å². The summed E-state index contributed by atoms with van der Waals surface area (Å²) < 4.78 is 36.8. The lowest BCUT2D eigenvalue weighted by Crippen LogP contribution is -2.48. The van der Waals surface area contributed by atoms with Crippen LogP contribution in [0.2, 0.25) is 0 Å². The monoisotopic (exact) mass is 246 g/mol. The van der Waals surface area contributed by atoms with Gasteiger partial charge in [-0.2, -0.15) is 13.2 Å². The van der Waals surface area contributed by atoms with Crippen molar-refractivity contribution in [3.05, 3.63) is 18.0 Å². The number of halogens is 3. The highest BCUT2D eigenvalue weighted by molar-refractivity contribution is 5.93. The van der Waals surface area contributed by atoms with Crippen LogP contribution in [0.5, 0.6) is 0 Å². The van der Waals surface area contributed by atoms with E-state index in [9.17, 15) is 18.0 Å². The average molecular weight is 246 g/mol. The lowest BCUT2D eigenvalue weighted by molar-refractivity contribution is -0.138. The van der Waals surface area contributed by atoms with Crippen LogP contribution in [-0.2, 0) is 11.0 Å². The molecule has 1 amide bonds. The van der Waals surface area contributed by atoms with E-state index in [2.05, 4.69) is 15.3 Å². The minimum absolute atomic E-state index is 0.00417. The van der Waals surface area contributed by atoms with E-state index >= 15 is 0 Å². The van der Waals surface area contributed by atoms with E-state index < -0.39 is 11.7 Å². The van der Waals surface area contributed by atoms with Gasteiger partial charge in [-0.25, -0.2) is 9.97 Å². The summed E-state index contributed by atoms with van der Waals surface area (Å²) in [7, 11) is 0. The topological polar surface area (TPSA) is 58.1 Å². The molecule has 1 saturated heterocycles. The number of carbonyl (C=O) groups excluding carboxylic acids is 1. The molecule has 0 spiro atoms. The number of amides is 1. The van der Waals surface area contributed by atoms with Crippen LogP contribution < -0.4 is 10.2 Å². The number of anilines is 1. The fourth-order valence-corrected chi connectivity index (χ4v) is 1.42. The van der Waals surface area contributed by atoms with Gasteiger partial charge in [0.05, 0.1) is 12.1 Å². The maximum absolute atomic E-state index is 12.3. The first-order valence-electron chi connectivity index (χ1n) is 4.89. The summed E-state index contributed by atoms with van der Waals surface area (Å²) in [6.45, 7) is 1.06. The van der Waals surface area contributed by atoms with Crippen molar-refractivity contribution < 1.29 is 18.0 Å². The molecule has 92 valence electrons. The number of nitrogens with zero attached hydrogens (tertiary/aromatic N) is 3. The molecule has 1 aliphatic heterocycles. The highest BCUT2D eigenvalue weighted by Gasteiger charge is 2.32. The molecule has 0 saturated carbocycles. The first kappa shape index (κ1) is 11.8. The minimum atomic E-state index is -4.47. The molecule has 8 heteroatoms. The van der Waals surface area contributed by atoms with Crippen molar-refractivity contribution in [1.29, 1.82) is 0 Å². The summed E-state index contributed by atoms with van der Waals surface area (Å²) in [5, 5.41) is 2.84. The van der Waals surface area contributed by atoms with Crippen LogP contribution in [0.4, 0.5) is 19.1 Å². The summed E-state index contributed by atoms with van der Waals surface area (Å²) in [4.78, 5) is 19.8. The molecule has 1 aromatic heterocycles. The third-order valence-corrected chi connectivity index (χ3v) is 2.30. The Morgan fingerprint density at radius 1 is 1.29 bits per heavy atom. The van der Waals surface area contributed by atoms with Gasteiger partial charge in [0.1, 0.15) is 0 Å². The second kappa shape index (κ2) is 4.28. The lowest BCUT2D eigenvalue weighted by atomic mass is 10.3. The summed E-state index contributed by atoms with van der Waals surface area (Å²) in [5.41, 5.74) is -0.927. The molecule has 0 unspecified atom stereocenters. The Hall–Kier alpha value is -1.70. The lowest BCUT2D eigenvalue weighted by Gasteiger charge is -2.25. The van der Waals surface area contributed by atoms with Crippen molar-refractivity contribution in [2.45, 2.75) is 6.18 Å². The summed E-state index contributed by atoms with van der Waals surface area (Å²) in [6.07, 6.45) is -3.11. The number of carbonyl (C=O) groups is 1. The van der Waals surface area contributed by atoms with Gasteiger partial charge in [-0.3, -0.25) is 9.69 Å². The number of hydrogen-bond acceptors (Lipinski definition) is 4. The van der Waals surface area contributed by atoms with Crippen LogP contribution in [0.15, 0.2) is 12.4 Å². The molecule has 0 radical (unpaired) electrons. The molecular formula is C9H9F3N4O. The van der Waals surface area contributed by atoms with Gasteiger partial charge in [0.2, 0.25) is 11.9 Å². The van der Waals surface area contributed by atoms with E-state index in [1.807, 2.05) is 0 Å². The van der Waals surface area contributed by atoms with E-state index in [1.54, 1.807) is 0 Å². The minimum Gasteiger partial charge on any atom is -0.307 e. The number of hydrogen-bond donors (Lipinski definition) is 1. The molecule has 2 rings (SSSR count). The quantitative estimate of drug-likeness (QED) is 0.780. The second-order valence-electron chi connectivity index (χ2n) is 3.49. The fourth-order valence-electron chi connectivity index (χ4n) is 1.42. The first-order chi connectivity index (χ1) is 7.98. The van der Waals surface area contributed by atoms with Gasteiger partial charge in [-0.05, 0) is 0 Å². The zero-order valence-corrected chi connectivity index (χ0v) is 8.66. The van der Waals surface area contributed by atoms with Crippen molar-refractivity contribution in [2.75, 3.05) is 24.5 Å². The number of aromatic nitrogens is 2. The van der Waals surface area contributed by atoms with Crippen molar-refractivity contribution in [2.24, 2.45) is 0 Å². The van der Waals surface area contributed by atoms with E-state index in [1.165, 1.54) is 4.90 Å². The highest BCUT2D eigenvalue weighted by atomic mass is 19.4. The van der Waals surface area contributed by atoms with E-state index in [-0.39, 0.29) is 18.4 Å². The molecule has 1 aliphatic rings. The van der Waals surface area contributed by atoms with Crippen LogP contribution >= 0.6 is 0 Å². The zero-order valence-electron chi connectivity index (χ0n) is 8.66.